The lowest BCUT2D eigenvalue weighted by molar-refractivity contribution is -0.119. The van der Waals surface area contributed by atoms with E-state index >= 15 is 0 Å². The molecule has 1 unspecified atom stereocenters. The summed E-state index contributed by atoms with van der Waals surface area (Å²) in [5.74, 6) is -0.271. The molecule has 0 radical (unpaired) electrons. The third-order valence-corrected chi connectivity index (χ3v) is 6.92. The summed E-state index contributed by atoms with van der Waals surface area (Å²) in [5, 5.41) is 2.91. The zero-order valence-corrected chi connectivity index (χ0v) is 16.1. The Hall–Kier alpha value is -2.18. The van der Waals surface area contributed by atoms with Crippen LogP contribution in [0.4, 0.5) is 5.69 Å². The van der Waals surface area contributed by atoms with Crippen molar-refractivity contribution in [3.63, 3.8) is 0 Å². The molecule has 6 heteroatoms. The standard InChI is InChI=1S/C20H24N2O3S/c1-14-9-11-17(12-10-14)26(24,25)22-13-5-8-19(22)20(23)21-18-7-4-6-15(2)16(18)3/h4,6-7,9-12,19H,5,8,13H2,1-3H3,(H,21,23). The SMILES string of the molecule is Cc1ccc(S(=O)(=O)N2CCCC2C(=O)Nc2cccc(C)c2C)cc1. The quantitative estimate of drug-likeness (QED) is 0.894. The molecule has 1 fully saturated rings. The summed E-state index contributed by atoms with van der Waals surface area (Å²) in [6, 6.07) is 11.8. The van der Waals surface area contributed by atoms with Crippen LogP contribution in [0.5, 0.6) is 0 Å². The smallest absolute Gasteiger partial charge is 0.243 e. The summed E-state index contributed by atoms with van der Waals surface area (Å²) in [5.41, 5.74) is 3.80. The minimum atomic E-state index is -3.69. The summed E-state index contributed by atoms with van der Waals surface area (Å²) in [6.45, 7) is 6.20. The molecule has 26 heavy (non-hydrogen) atoms. The normalized spacial score (nSPS) is 18.0. The first-order valence-corrected chi connectivity index (χ1v) is 10.2. The number of hydrogen-bond donors (Lipinski definition) is 1. The fourth-order valence-electron chi connectivity index (χ4n) is 3.24. The van der Waals surface area contributed by atoms with Crippen LogP contribution in [-0.4, -0.2) is 31.2 Å². The van der Waals surface area contributed by atoms with Gasteiger partial charge in [0.1, 0.15) is 6.04 Å². The number of hydrogen-bond acceptors (Lipinski definition) is 3. The first-order valence-electron chi connectivity index (χ1n) is 8.76. The molecule has 1 heterocycles. The zero-order chi connectivity index (χ0) is 18.9. The van der Waals surface area contributed by atoms with Gasteiger partial charge >= 0.3 is 0 Å². The average Bonchev–Trinajstić information content (AvgIpc) is 3.10. The van der Waals surface area contributed by atoms with Gasteiger partial charge in [0, 0.05) is 12.2 Å². The maximum absolute atomic E-state index is 13.0. The van der Waals surface area contributed by atoms with Crippen LogP contribution in [0.15, 0.2) is 47.4 Å². The number of nitrogens with one attached hydrogen (secondary N) is 1. The molecule has 1 aliphatic heterocycles. The molecule has 1 atom stereocenters. The van der Waals surface area contributed by atoms with E-state index in [1.807, 2.05) is 39.0 Å². The van der Waals surface area contributed by atoms with E-state index < -0.39 is 16.1 Å². The van der Waals surface area contributed by atoms with Crippen LogP contribution in [0.3, 0.4) is 0 Å². The lowest BCUT2D eigenvalue weighted by atomic mass is 10.1. The first-order chi connectivity index (χ1) is 12.3. The molecule has 1 amide bonds. The second-order valence-electron chi connectivity index (χ2n) is 6.82. The lowest BCUT2D eigenvalue weighted by Gasteiger charge is -2.24. The number of amides is 1. The molecule has 0 bridgehead atoms. The Labute approximate surface area is 155 Å². The molecule has 0 saturated carbocycles. The minimum Gasteiger partial charge on any atom is -0.324 e. The van der Waals surface area contributed by atoms with Gasteiger partial charge in [-0.2, -0.15) is 4.31 Å². The van der Waals surface area contributed by atoms with Crippen molar-refractivity contribution in [2.45, 2.75) is 44.6 Å². The Morgan fingerprint density at radius 1 is 1.08 bits per heavy atom. The van der Waals surface area contributed by atoms with Gasteiger partial charge in [0.15, 0.2) is 0 Å². The molecule has 1 saturated heterocycles. The van der Waals surface area contributed by atoms with Crippen LogP contribution >= 0.6 is 0 Å². The van der Waals surface area contributed by atoms with Crippen molar-refractivity contribution < 1.29 is 13.2 Å². The average molecular weight is 372 g/mol. The number of rotatable bonds is 4. The molecule has 1 aliphatic rings. The van der Waals surface area contributed by atoms with Gasteiger partial charge < -0.3 is 5.32 Å². The van der Waals surface area contributed by atoms with Crippen LogP contribution in [0, 0.1) is 20.8 Å². The fourth-order valence-corrected chi connectivity index (χ4v) is 4.89. The summed E-state index contributed by atoms with van der Waals surface area (Å²) >= 11 is 0. The molecule has 5 nitrogen and oxygen atoms in total. The summed E-state index contributed by atoms with van der Waals surface area (Å²) < 4.78 is 27.3. The van der Waals surface area contributed by atoms with Crippen molar-refractivity contribution in [2.24, 2.45) is 0 Å². The van der Waals surface area contributed by atoms with E-state index in [4.69, 9.17) is 0 Å². The number of benzene rings is 2. The topological polar surface area (TPSA) is 66.5 Å². The van der Waals surface area contributed by atoms with Gasteiger partial charge in [-0.05, 0) is 62.9 Å². The van der Waals surface area contributed by atoms with Crippen molar-refractivity contribution in [1.82, 2.24) is 4.31 Å². The zero-order valence-electron chi connectivity index (χ0n) is 15.3. The van der Waals surface area contributed by atoms with Gasteiger partial charge in [-0.25, -0.2) is 8.42 Å². The highest BCUT2D eigenvalue weighted by atomic mass is 32.2. The second kappa shape index (κ2) is 7.21. The van der Waals surface area contributed by atoms with E-state index in [1.165, 1.54) is 4.31 Å². The third-order valence-electron chi connectivity index (χ3n) is 5.00. The maximum atomic E-state index is 13.0. The van der Waals surface area contributed by atoms with E-state index in [2.05, 4.69) is 5.32 Å². The van der Waals surface area contributed by atoms with E-state index in [0.29, 0.717) is 19.4 Å². The van der Waals surface area contributed by atoms with Gasteiger partial charge in [-0.3, -0.25) is 4.79 Å². The van der Waals surface area contributed by atoms with Crippen molar-refractivity contribution in [3.05, 3.63) is 59.2 Å². The highest BCUT2D eigenvalue weighted by Crippen LogP contribution is 2.28. The monoisotopic (exact) mass is 372 g/mol. The molecule has 138 valence electrons. The number of carbonyl (C=O) groups excluding carboxylic acids is 1. The molecule has 0 spiro atoms. The number of carbonyl (C=O) groups is 1. The Morgan fingerprint density at radius 3 is 2.46 bits per heavy atom. The van der Waals surface area contributed by atoms with Gasteiger partial charge in [0.05, 0.1) is 4.90 Å². The minimum absolute atomic E-state index is 0.231. The Balaban J connectivity index is 1.84. The largest absolute Gasteiger partial charge is 0.324 e. The lowest BCUT2D eigenvalue weighted by Crippen LogP contribution is -2.43. The summed E-state index contributed by atoms with van der Waals surface area (Å²) in [4.78, 5) is 13.0. The van der Waals surface area contributed by atoms with Gasteiger partial charge in [0.2, 0.25) is 15.9 Å². The van der Waals surface area contributed by atoms with Crippen LogP contribution in [0.25, 0.3) is 0 Å². The van der Waals surface area contributed by atoms with Crippen LogP contribution in [0.2, 0.25) is 0 Å². The van der Waals surface area contributed by atoms with E-state index in [9.17, 15) is 13.2 Å². The van der Waals surface area contributed by atoms with Gasteiger partial charge in [-0.1, -0.05) is 29.8 Å². The van der Waals surface area contributed by atoms with Crippen molar-refractivity contribution >= 4 is 21.6 Å². The number of sulfonamides is 1. The Kier molecular flexibility index (Phi) is 5.16. The Bertz CT molecular complexity index is 921. The van der Waals surface area contributed by atoms with E-state index in [-0.39, 0.29) is 10.8 Å². The van der Waals surface area contributed by atoms with Crippen molar-refractivity contribution in [3.8, 4) is 0 Å². The van der Waals surface area contributed by atoms with Crippen molar-refractivity contribution in [1.29, 1.82) is 0 Å². The molecule has 3 rings (SSSR count). The highest BCUT2D eigenvalue weighted by molar-refractivity contribution is 7.89. The van der Waals surface area contributed by atoms with Crippen molar-refractivity contribution in [2.75, 3.05) is 11.9 Å². The predicted molar refractivity (Wildman–Crippen MR) is 103 cm³/mol. The molecule has 0 aromatic heterocycles. The molecular weight excluding hydrogens is 348 g/mol. The van der Waals surface area contributed by atoms with Gasteiger partial charge in [-0.15, -0.1) is 0 Å². The van der Waals surface area contributed by atoms with Crippen LogP contribution in [-0.2, 0) is 14.8 Å². The first kappa shape index (κ1) is 18.6. The molecule has 0 aliphatic carbocycles. The Morgan fingerprint density at radius 2 is 1.77 bits per heavy atom. The number of anilines is 1. The highest BCUT2D eigenvalue weighted by Gasteiger charge is 2.39. The molecular formula is C20H24N2O3S. The van der Waals surface area contributed by atoms with E-state index in [1.54, 1.807) is 24.3 Å². The predicted octanol–water partition coefficient (Wildman–Crippen LogP) is 3.40. The number of nitrogens with zero attached hydrogens (tertiary/aromatic N) is 1. The van der Waals surface area contributed by atoms with Crippen LogP contribution in [0.1, 0.15) is 29.5 Å². The van der Waals surface area contributed by atoms with E-state index in [0.717, 1.165) is 22.4 Å². The van der Waals surface area contributed by atoms with Gasteiger partial charge in [0.25, 0.3) is 0 Å². The molecule has 1 N–H and O–H groups in total. The molecule has 2 aromatic carbocycles. The van der Waals surface area contributed by atoms with Crippen LogP contribution < -0.4 is 5.32 Å². The summed E-state index contributed by atoms with van der Waals surface area (Å²) in [6.07, 6.45) is 1.21. The molecule has 2 aromatic rings. The maximum Gasteiger partial charge on any atom is 0.243 e. The summed E-state index contributed by atoms with van der Waals surface area (Å²) in [7, 11) is -3.69. The third kappa shape index (κ3) is 3.52. The fraction of sp³-hybridized carbons (Fsp3) is 0.350. The second-order valence-corrected chi connectivity index (χ2v) is 8.71. The number of aryl methyl sites for hydroxylation is 2.